The van der Waals surface area contributed by atoms with Gasteiger partial charge in [0.25, 0.3) is 5.91 Å². The van der Waals surface area contributed by atoms with Crippen molar-refractivity contribution in [3.8, 4) is 0 Å². The van der Waals surface area contributed by atoms with Crippen LogP contribution in [0.1, 0.15) is 41.7 Å². The fourth-order valence-corrected chi connectivity index (χ4v) is 2.48. The average Bonchev–Trinajstić information content (AvgIpc) is 3.32. The average molecular weight is 274 g/mol. The van der Waals surface area contributed by atoms with E-state index in [2.05, 4.69) is 10.4 Å². The van der Waals surface area contributed by atoms with Gasteiger partial charge in [0, 0.05) is 25.0 Å². The second-order valence-corrected chi connectivity index (χ2v) is 6.11. The van der Waals surface area contributed by atoms with E-state index in [1.54, 1.807) is 6.20 Å². The molecule has 5 heteroatoms. The Morgan fingerprint density at radius 2 is 1.95 bits per heavy atom. The fourth-order valence-electron chi connectivity index (χ4n) is 2.48. The third kappa shape index (κ3) is 3.10. The van der Waals surface area contributed by atoms with Crippen LogP contribution in [-0.2, 0) is 0 Å². The van der Waals surface area contributed by atoms with Crippen molar-refractivity contribution in [1.29, 1.82) is 0 Å². The highest BCUT2D eigenvalue weighted by molar-refractivity contribution is 5.99. The quantitative estimate of drug-likeness (QED) is 0.614. The summed E-state index contributed by atoms with van der Waals surface area (Å²) in [5, 5.41) is 0. The van der Waals surface area contributed by atoms with Gasteiger partial charge in [0.05, 0.1) is 11.3 Å². The van der Waals surface area contributed by atoms with E-state index in [1.807, 2.05) is 17.9 Å². The maximum absolute atomic E-state index is 12.8. The first-order chi connectivity index (χ1) is 9.67. The Balaban J connectivity index is 1.79. The zero-order valence-corrected chi connectivity index (χ0v) is 11.9. The van der Waals surface area contributed by atoms with Crippen LogP contribution < -0.4 is 11.3 Å². The first-order valence-electron chi connectivity index (χ1n) is 7.40. The van der Waals surface area contributed by atoms with Crippen molar-refractivity contribution >= 4 is 11.6 Å². The molecule has 1 heterocycles. The molecular formula is C15H22N4O. The highest BCUT2D eigenvalue weighted by Crippen LogP contribution is 2.34. The molecule has 3 N–H and O–H groups in total. The Labute approximate surface area is 119 Å². The number of hydrogen-bond donors (Lipinski definition) is 2. The molecule has 20 heavy (non-hydrogen) atoms. The van der Waals surface area contributed by atoms with E-state index in [4.69, 9.17) is 5.84 Å². The Hall–Kier alpha value is -1.62. The molecule has 0 saturated heterocycles. The number of rotatable bonds is 6. The fraction of sp³-hybridized carbons (Fsp3) is 0.600. The lowest BCUT2D eigenvalue weighted by atomic mass is 10.1. The summed E-state index contributed by atoms with van der Waals surface area (Å²) in [4.78, 5) is 19.0. The number of aromatic nitrogens is 1. The topological polar surface area (TPSA) is 71.2 Å². The van der Waals surface area contributed by atoms with Gasteiger partial charge in [0.2, 0.25) is 0 Å². The van der Waals surface area contributed by atoms with Crippen LogP contribution >= 0.6 is 0 Å². The monoisotopic (exact) mass is 274 g/mol. The summed E-state index contributed by atoms with van der Waals surface area (Å²) in [7, 11) is 0. The van der Waals surface area contributed by atoms with Gasteiger partial charge in [0.15, 0.2) is 0 Å². The highest BCUT2D eigenvalue weighted by atomic mass is 16.2. The summed E-state index contributed by atoms with van der Waals surface area (Å²) >= 11 is 0. The maximum Gasteiger partial charge on any atom is 0.257 e. The van der Waals surface area contributed by atoms with Crippen molar-refractivity contribution in [3.63, 3.8) is 0 Å². The van der Waals surface area contributed by atoms with Crippen LogP contribution in [0.25, 0.3) is 0 Å². The summed E-state index contributed by atoms with van der Waals surface area (Å²) in [6, 6.07) is 1.82. The SMILES string of the molecule is Cc1cc(NN)c(C(=O)N(CC2CC2)CC2CC2)cn1. The minimum atomic E-state index is 0.0595. The standard InChI is InChI=1S/C15H22N4O/c1-10-6-14(18-16)13(7-17-10)15(20)19(8-11-2-3-11)9-12-4-5-12/h6-7,11-12H,2-5,8-9,16H2,1H3,(H,17,18). The molecule has 5 nitrogen and oxygen atoms in total. The van der Waals surface area contributed by atoms with Gasteiger partial charge >= 0.3 is 0 Å². The van der Waals surface area contributed by atoms with E-state index < -0.39 is 0 Å². The maximum atomic E-state index is 12.8. The number of pyridine rings is 1. The molecule has 1 aromatic rings. The zero-order valence-electron chi connectivity index (χ0n) is 11.9. The number of nitrogen functional groups attached to an aromatic ring is 1. The Bertz CT molecular complexity index is 495. The second kappa shape index (κ2) is 5.40. The smallest absolute Gasteiger partial charge is 0.257 e. The number of hydrogen-bond acceptors (Lipinski definition) is 4. The van der Waals surface area contributed by atoms with Crippen LogP contribution in [0.4, 0.5) is 5.69 Å². The number of carbonyl (C=O) groups is 1. The van der Waals surface area contributed by atoms with Crippen LogP contribution in [0, 0.1) is 18.8 Å². The summed E-state index contributed by atoms with van der Waals surface area (Å²) in [6.45, 7) is 3.65. The molecule has 2 saturated carbocycles. The van der Waals surface area contributed by atoms with Gasteiger partial charge in [0.1, 0.15) is 0 Å². The van der Waals surface area contributed by atoms with E-state index in [1.165, 1.54) is 25.7 Å². The van der Waals surface area contributed by atoms with Crippen LogP contribution in [0.2, 0.25) is 0 Å². The molecule has 0 unspecified atom stereocenters. The highest BCUT2D eigenvalue weighted by Gasteiger charge is 2.32. The number of carbonyl (C=O) groups excluding carboxylic acids is 1. The van der Waals surface area contributed by atoms with E-state index in [-0.39, 0.29) is 5.91 Å². The normalized spacial score (nSPS) is 17.9. The molecule has 1 aromatic heterocycles. The molecule has 1 amide bonds. The molecule has 2 fully saturated rings. The number of aryl methyl sites for hydroxylation is 1. The number of nitrogens with zero attached hydrogens (tertiary/aromatic N) is 2. The summed E-state index contributed by atoms with van der Waals surface area (Å²) in [5.74, 6) is 6.99. The molecule has 0 aromatic carbocycles. The summed E-state index contributed by atoms with van der Waals surface area (Å²) in [6.07, 6.45) is 6.65. The van der Waals surface area contributed by atoms with Crippen molar-refractivity contribution in [3.05, 3.63) is 23.5 Å². The molecule has 0 spiro atoms. The predicted octanol–water partition coefficient (Wildman–Crippen LogP) is 1.94. The van der Waals surface area contributed by atoms with Crippen molar-refractivity contribution in [2.45, 2.75) is 32.6 Å². The Morgan fingerprint density at radius 1 is 1.35 bits per heavy atom. The van der Waals surface area contributed by atoms with Gasteiger partial charge in [-0.25, -0.2) is 0 Å². The van der Waals surface area contributed by atoms with Gasteiger partial charge in [-0.05, 0) is 50.5 Å². The van der Waals surface area contributed by atoms with Gasteiger partial charge in [-0.2, -0.15) is 0 Å². The number of nitrogens with two attached hydrogens (primary N) is 1. The van der Waals surface area contributed by atoms with E-state index in [9.17, 15) is 4.79 Å². The number of hydrazine groups is 1. The van der Waals surface area contributed by atoms with Crippen molar-refractivity contribution in [2.75, 3.05) is 18.5 Å². The number of amides is 1. The predicted molar refractivity (Wildman–Crippen MR) is 78.1 cm³/mol. The van der Waals surface area contributed by atoms with Crippen LogP contribution in [-0.4, -0.2) is 28.9 Å². The molecule has 2 aliphatic carbocycles. The van der Waals surface area contributed by atoms with Crippen molar-refractivity contribution < 1.29 is 4.79 Å². The van der Waals surface area contributed by atoms with Gasteiger partial charge in [-0.15, -0.1) is 0 Å². The zero-order chi connectivity index (χ0) is 14.1. The third-order valence-electron chi connectivity index (χ3n) is 4.06. The number of nitrogens with one attached hydrogen (secondary N) is 1. The molecule has 0 aliphatic heterocycles. The molecule has 0 atom stereocenters. The lowest BCUT2D eigenvalue weighted by Crippen LogP contribution is -2.35. The molecular weight excluding hydrogens is 252 g/mol. The molecule has 0 bridgehead atoms. The number of anilines is 1. The van der Waals surface area contributed by atoms with Gasteiger partial charge in [-0.3, -0.25) is 15.6 Å². The van der Waals surface area contributed by atoms with Crippen molar-refractivity contribution in [2.24, 2.45) is 17.7 Å². The minimum absolute atomic E-state index is 0.0595. The third-order valence-corrected chi connectivity index (χ3v) is 4.06. The lowest BCUT2D eigenvalue weighted by Gasteiger charge is -2.23. The van der Waals surface area contributed by atoms with Crippen LogP contribution in [0.15, 0.2) is 12.3 Å². The summed E-state index contributed by atoms with van der Waals surface area (Å²) in [5.41, 5.74) is 4.72. The van der Waals surface area contributed by atoms with Crippen molar-refractivity contribution in [1.82, 2.24) is 9.88 Å². The van der Waals surface area contributed by atoms with Gasteiger partial charge in [-0.1, -0.05) is 0 Å². The van der Waals surface area contributed by atoms with E-state index in [0.29, 0.717) is 23.1 Å². The lowest BCUT2D eigenvalue weighted by molar-refractivity contribution is 0.0740. The first kappa shape index (κ1) is 13.4. The Kier molecular flexibility index (Phi) is 3.61. The Morgan fingerprint density at radius 3 is 2.45 bits per heavy atom. The van der Waals surface area contributed by atoms with E-state index >= 15 is 0 Å². The summed E-state index contributed by atoms with van der Waals surface area (Å²) < 4.78 is 0. The van der Waals surface area contributed by atoms with E-state index in [0.717, 1.165) is 18.8 Å². The molecule has 3 rings (SSSR count). The second-order valence-electron chi connectivity index (χ2n) is 6.11. The van der Waals surface area contributed by atoms with Gasteiger partial charge < -0.3 is 10.3 Å². The largest absolute Gasteiger partial charge is 0.338 e. The van der Waals surface area contributed by atoms with Crippen LogP contribution in [0.3, 0.4) is 0 Å². The first-order valence-corrected chi connectivity index (χ1v) is 7.40. The molecule has 108 valence electrons. The van der Waals surface area contributed by atoms with Crippen LogP contribution in [0.5, 0.6) is 0 Å². The minimum Gasteiger partial charge on any atom is -0.338 e. The molecule has 0 radical (unpaired) electrons. The molecule has 2 aliphatic rings.